The summed E-state index contributed by atoms with van der Waals surface area (Å²) in [6, 6.07) is 1.70. The molecule has 0 bridgehead atoms. The largest absolute Gasteiger partial charge is 0.496 e. The van der Waals surface area contributed by atoms with E-state index in [-0.39, 0.29) is 6.61 Å². The van der Waals surface area contributed by atoms with Crippen molar-refractivity contribution in [2.24, 2.45) is 0 Å². The first-order chi connectivity index (χ1) is 9.67. The summed E-state index contributed by atoms with van der Waals surface area (Å²) in [4.78, 5) is 4.19. The highest BCUT2D eigenvalue weighted by atomic mass is 16.6. The molecule has 0 aliphatic carbocycles. The predicted molar refractivity (Wildman–Crippen MR) is 67.1 cm³/mol. The van der Waals surface area contributed by atoms with E-state index in [1.807, 2.05) is 0 Å². The fraction of sp³-hybridized carbons (Fsp3) is 0.500. The van der Waals surface area contributed by atoms with E-state index >= 15 is 0 Å². The highest BCUT2D eigenvalue weighted by molar-refractivity contribution is 5.81. The second-order valence-corrected chi connectivity index (χ2v) is 4.57. The third kappa shape index (κ3) is 1.85. The molecular weight excluding hydrogens is 266 g/mol. The van der Waals surface area contributed by atoms with Gasteiger partial charge in [-0.05, 0) is 6.07 Å². The third-order valence-corrected chi connectivity index (χ3v) is 3.44. The molecule has 2 aromatic heterocycles. The average molecular weight is 281 g/mol. The van der Waals surface area contributed by atoms with E-state index in [2.05, 4.69) is 10.1 Å². The van der Waals surface area contributed by atoms with Crippen LogP contribution >= 0.6 is 0 Å². The lowest BCUT2D eigenvalue weighted by atomic mass is 10.1. The fourth-order valence-electron chi connectivity index (χ4n) is 2.37. The summed E-state index contributed by atoms with van der Waals surface area (Å²) < 4.78 is 12.0. The number of aliphatic hydroxyl groups excluding tert-OH is 3. The number of nitrogens with zero attached hydrogens (tertiary/aromatic N) is 3. The Balaban J connectivity index is 2.03. The van der Waals surface area contributed by atoms with Gasteiger partial charge < -0.3 is 24.8 Å². The van der Waals surface area contributed by atoms with Crippen molar-refractivity contribution in [3.05, 3.63) is 18.5 Å². The van der Waals surface area contributed by atoms with Crippen LogP contribution in [0.25, 0.3) is 11.0 Å². The molecule has 0 aromatic carbocycles. The van der Waals surface area contributed by atoms with Gasteiger partial charge in [0.2, 0.25) is 0 Å². The topological polar surface area (TPSA) is 110 Å². The van der Waals surface area contributed by atoms with Crippen molar-refractivity contribution >= 4 is 11.0 Å². The molecule has 1 unspecified atom stereocenters. The molecule has 3 N–H and O–H groups in total. The van der Waals surface area contributed by atoms with Crippen molar-refractivity contribution in [3.8, 4) is 5.75 Å². The van der Waals surface area contributed by atoms with Crippen LogP contribution in [0.5, 0.6) is 5.75 Å². The quantitative estimate of drug-likeness (QED) is 0.665. The number of hydrogen-bond acceptors (Lipinski definition) is 7. The van der Waals surface area contributed by atoms with Crippen molar-refractivity contribution < 1.29 is 24.8 Å². The molecule has 1 fully saturated rings. The van der Waals surface area contributed by atoms with Crippen LogP contribution in [-0.4, -0.2) is 62.1 Å². The Morgan fingerprint density at radius 1 is 1.40 bits per heavy atom. The minimum Gasteiger partial charge on any atom is -0.496 e. The second-order valence-electron chi connectivity index (χ2n) is 4.57. The molecule has 1 saturated heterocycles. The Morgan fingerprint density at radius 3 is 2.85 bits per heavy atom. The van der Waals surface area contributed by atoms with Crippen molar-refractivity contribution in [3.63, 3.8) is 0 Å². The summed E-state index contributed by atoms with van der Waals surface area (Å²) in [7, 11) is 1.54. The van der Waals surface area contributed by atoms with Gasteiger partial charge >= 0.3 is 0 Å². The Hall–Kier alpha value is -1.74. The van der Waals surface area contributed by atoms with E-state index in [4.69, 9.17) is 14.6 Å². The summed E-state index contributed by atoms with van der Waals surface area (Å²) in [5, 5.41) is 33.7. The van der Waals surface area contributed by atoms with Crippen LogP contribution in [-0.2, 0) is 4.74 Å². The molecule has 0 amide bonds. The monoisotopic (exact) mass is 281 g/mol. The molecule has 1 aliphatic rings. The molecular formula is C12H15N3O5. The van der Waals surface area contributed by atoms with E-state index in [0.717, 1.165) is 0 Å². The highest BCUT2D eigenvalue weighted by Crippen LogP contribution is 2.32. The molecule has 0 radical (unpaired) electrons. The number of hydrogen-bond donors (Lipinski definition) is 3. The lowest BCUT2D eigenvalue weighted by molar-refractivity contribution is -0.0566. The van der Waals surface area contributed by atoms with Crippen LogP contribution in [0.15, 0.2) is 18.5 Å². The summed E-state index contributed by atoms with van der Waals surface area (Å²) in [6.07, 6.45) is -1.01. The smallest absolute Gasteiger partial charge is 0.181 e. The second kappa shape index (κ2) is 4.98. The van der Waals surface area contributed by atoms with Crippen LogP contribution in [0.2, 0.25) is 0 Å². The maximum Gasteiger partial charge on any atom is 0.181 e. The standard InChI is InChI=1S/C12H15N3O5/c1-19-7-2-3-13-11-6(7)4-14-15(11)12-10(18)9(17)8(5-16)20-12/h2-4,8-10,12,16-18H,5H2,1H3/t8-,9-,10+,12?/m1/s1. The van der Waals surface area contributed by atoms with E-state index in [9.17, 15) is 10.2 Å². The Bertz CT molecular complexity index is 616. The van der Waals surface area contributed by atoms with Crippen LogP contribution in [0.4, 0.5) is 0 Å². The predicted octanol–water partition coefficient (Wildman–Crippen LogP) is -0.949. The minimum absolute atomic E-state index is 0.384. The normalized spacial score (nSPS) is 30.0. The van der Waals surface area contributed by atoms with Gasteiger partial charge in [-0.15, -0.1) is 0 Å². The van der Waals surface area contributed by atoms with Gasteiger partial charge in [-0.2, -0.15) is 5.10 Å². The van der Waals surface area contributed by atoms with Gasteiger partial charge in [0.05, 0.1) is 25.3 Å². The first-order valence-corrected chi connectivity index (χ1v) is 6.16. The minimum atomic E-state index is -1.19. The zero-order valence-electron chi connectivity index (χ0n) is 10.7. The van der Waals surface area contributed by atoms with Crippen molar-refractivity contribution in [1.82, 2.24) is 14.8 Å². The number of fused-ring (bicyclic) bond motifs is 1. The van der Waals surface area contributed by atoms with Crippen LogP contribution in [0.3, 0.4) is 0 Å². The summed E-state index contributed by atoms with van der Waals surface area (Å²) >= 11 is 0. The van der Waals surface area contributed by atoms with Gasteiger partial charge in [-0.3, -0.25) is 0 Å². The van der Waals surface area contributed by atoms with Gasteiger partial charge in [-0.1, -0.05) is 0 Å². The first kappa shape index (κ1) is 13.3. The highest BCUT2D eigenvalue weighted by Gasteiger charge is 2.44. The average Bonchev–Trinajstić information content (AvgIpc) is 3.01. The Labute approximate surface area is 114 Å². The van der Waals surface area contributed by atoms with Gasteiger partial charge in [0, 0.05) is 6.20 Å². The van der Waals surface area contributed by atoms with Crippen molar-refractivity contribution in [2.45, 2.75) is 24.5 Å². The molecule has 0 saturated carbocycles. The van der Waals surface area contributed by atoms with E-state index in [1.54, 1.807) is 25.6 Å². The molecule has 20 heavy (non-hydrogen) atoms. The molecule has 108 valence electrons. The zero-order chi connectivity index (χ0) is 14.3. The molecule has 8 heteroatoms. The zero-order valence-corrected chi connectivity index (χ0v) is 10.7. The molecule has 3 rings (SSSR count). The Morgan fingerprint density at radius 2 is 2.20 bits per heavy atom. The molecule has 2 aromatic rings. The summed E-state index contributed by atoms with van der Waals surface area (Å²) in [6.45, 7) is -0.384. The van der Waals surface area contributed by atoms with E-state index < -0.39 is 24.5 Å². The third-order valence-electron chi connectivity index (χ3n) is 3.44. The van der Waals surface area contributed by atoms with Crippen molar-refractivity contribution in [1.29, 1.82) is 0 Å². The SMILES string of the molecule is COc1ccnc2c1cnn2C1O[C@H](CO)[C@@H](O)[C@@H]1O. The van der Waals surface area contributed by atoms with Crippen LogP contribution in [0.1, 0.15) is 6.23 Å². The first-order valence-electron chi connectivity index (χ1n) is 6.16. The summed E-state index contributed by atoms with van der Waals surface area (Å²) in [5.41, 5.74) is 0.471. The number of aliphatic hydroxyl groups is 3. The van der Waals surface area contributed by atoms with Crippen LogP contribution < -0.4 is 4.74 Å². The number of ether oxygens (including phenoxy) is 2. The fourth-order valence-corrected chi connectivity index (χ4v) is 2.37. The molecule has 0 spiro atoms. The number of rotatable bonds is 3. The molecule has 4 atom stereocenters. The lowest BCUT2D eigenvalue weighted by Gasteiger charge is -2.15. The van der Waals surface area contributed by atoms with Gasteiger partial charge in [0.25, 0.3) is 0 Å². The lowest BCUT2D eigenvalue weighted by Crippen LogP contribution is -2.33. The van der Waals surface area contributed by atoms with Crippen LogP contribution in [0, 0.1) is 0 Å². The van der Waals surface area contributed by atoms with E-state index in [1.165, 1.54) is 4.68 Å². The number of aromatic nitrogens is 3. The van der Waals surface area contributed by atoms with Crippen molar-refractivity contribution in [2.75, 3.05) is 13.7 Å². The van der Waals surface area contributed by atoms with Gasteiger partial charge in [0.15, 0.2) is 11.9 Å². The molecule has 3 heterocycles. The number of methoxy groups -OCH3 is 1. The van der Waals surface area contributed by atoms with Gasteiger partial charge in [0.1, 0.15) is 24.1 Å². The Kier molecular flexibility index (Phi) is 3.30. The maximum absolute atomic E-state index is 10.0. The van der Waals surface area contributed by atoms with E-state index in [0.29, 0.717) is 16.8 Å². The van der Waals surface area contributed by atoms with Gasteiger partial charge in [-0.25, -0.2) is 9.67 Å². The molecule has 1 aliphatic heterocycles. The number of pyridine rings is 1. The summed E-state index contributed by atoms with van der Waals surface area (Å²) in [5.74, 6) is 0.605. The molecule has 8 nitrogen and oxygen atoms in total. The maximum atomic E-state index is 10.0.